The van der Waals surface area contributed by atoms with Crippen LogP contribution in [-0.2, 0) is 32.1 Å². The quantitative estimate of drug-likeness (QED) is 0.537. The molecule has 152 valence electrons. The van der Waals surface area contributed by atoms with Gasteiger partial charge >= 0.3 is 13.1 Å². The van der Waals surface area contributed by atoms with Crippen LogP contribution in [0.2, 0.25) is 0 Å². The van der Waals surface area contributed by atoms with Gasteiger partial charge in [0.25, 0.3) is 5.91 Å². The number of hydrogen-bond acceptors (Lipinski definition) is 6. The molecule has 0 saturated heterocycles. The monoisotopic (exact) mass is 397 g/mol. The second-order valence-electron chi connectivity index (χ2n) is 6.95. The van der Waals surface area contributed by atoms with Gasteiger partial charge in [-0.3, -0.25) is 4.79 Å². The molecule has 2 aromatic carbocycles. The van der Waals surface area contributed by atoms with Crippen molar-refractivity contribution in [1.82, 2.24) is 5.32 Å². The minimum Gasteiger partial charge on any atom is -0.467 e. The summed E-state index contributed by atoms with van der Waals surface area (Å²) >= 11 is 0. The van der Waals surface area contributed by atoms with Crippen molar-refractivity contribution >= 4 is 24.5 Å². The van der Waals surface area contributed by atoms with Gasteiger partial charge in [-0.2, -0.15) is 0 Å². The number of benzene rings is 2. The van der Waals surface area contributed by atoms with Gasteiger partial charge in [-0.1, -0.05) is 36.4 Å². The number of methoxy groups -OCH3 is 1. The van der Waals surface area contributed by atoms with Crippen LogP contribution in [-0.4, -0.2) is 43.3 Å². The second kappa shape index (κ2) is 9.22. The first-order chi connectivity index (χ1) is 13.9. The second-order valence-corrected chi connectivity index (χ2v) is 6.95. The van der Waals surface area contributed by atoms with Gasteiger partial charge in [0.05, 0.1) is 26.4 Å². The van der Waals surface area contributed by atoms with Gasteiger partial charge in [-0.15, -0.1) is 0 Å². The molecular formula is C21H24BNO6. The molecule has 2 aromatic rings. The summed E-state index contributed by atoms with van der Waals surface area (Å²) in [5.74, 6) is -1.05. The number of hydrogen-bond donors (Lipinski definition) is 2. The molecule has 0 saturated carbocycles. The van der Waals surface area contributed by atoms with E-state index < -0.39 is 31.1 Å². The maximum Gasteiger partial charge on any atom is 0.492 e. The average molecular weight is 397 g/mol. The summed E-state index contributed by atoms with van der Waals surface area (Å²) in [6.07, 6.45) is -0.615. The molecular weight excluding hydrogens is 373 g/mol. The van der Waals surface area contributed by atoms with Crippen molar-refractivity contribution in [1.29, 1.82) is 0 Å². The third kappa shape index (κ3) is 4.67. The van der Waals surface area contributed by atoms with Crippen molar-refractivity contribution < 1.29 is 28.7 Å². The third-order valence-corrected chi connectivity index (χ3v) is 5.06. The highest BCUT2D eigenvalue weighted by atomic mass is 16.5. The third-order valence-electron chi connectivity index (χ3n) is 5.06. The molecule has 0 unspecified atom stereocenters. The van der Waals surface area contributed by atoms with Gasteiger partial charge in [0, 0.05) is 5.56 Å². The van der Waals surface area contributed by atoms with Gasteiger partial charge in [0.2, 0.25) is 0 Å². The fourth-order valence-electron chi connectivity index (χ4n) is 3.36. The van der Waals surface area contributed by atoms with Crippen molar-refractivity contribution in [2.75, 3.05) is 7.11 Å². The summed E-state index contributed by atoms with van der Waals surface area (Å²) in [4.78, 5) is 25.2. The van der Waals surface area contributed by atoms with Gasteiger partial charge in [-0.05, 0) is 42.1 Å². The maximum absolute atomic E-state index is 12.9. The van der Waals surface area contributed by atoms with E-state index >= 15 is 0 Å². The minimum atomic E-state index is -1.05. The molecule has 1 amide bonds. The Balaban J connectivity index is 1.74. The smallest absolute Gasteiger partial charge is 0.467 e. The van der Waals surface area contributed by atoms with Crippen LogP contribution in [0.5, 0.6) is 0 Å². The van der Waals surface area contributed by atoms with E-state index in [-0.39, 0.29) is 0 Å². The predicted octanol–water partition coefficient (Wildman–Crippen LogP) is 1.09. The summed E-state index contributed by atoms with van der Waals surface area (Å²) in [6, 6.07) is 12.0. The van der Waals surface area contributed by atoms with Crippen LogP contribution in [0.4, 0.5) is 0 Å². The molecule has 0 aliphatic carbocycles. The number of amides is 1. The van der Waals surface area contributed by atoms with Crippen LogP contribution in [0, 0.1) is 6.92 Å². The van der Waals surface area contributed by atoms with Crippen molar-refractivity contribution in [2.45, 2.75) is 39.2 Å². The average Bonchev–Trinajstić information content (AvgIpc) is 3.12. The Labute approximate surface area is 170 Å². The lowest BCUT2D eigenvalue weighted by atomic mass is 9.75. The van der Waals surface area contributed by atoms with E-state index in [0.717, 1.165) is 11.1 Å². The molecule has 8 heteroatoms. The van der Waals surface area contributed by atoms with Gasteiger partial charge in [0.15, 0.2) is 6.04 Å². The molecule has 7 nitrogen and oxygen atoms in total. The number of rotatable bonds is 7. The molecule has 3 rings (SSSR count). The highest BCUT2D eigenvalue weighted by Gasteiger charge is 2.33. The Bertz CT molecular complexity index is 888. The van der Waals surface area contributed by atoms with E-state index in [2.05, 4.69) is 5.32 Å². The van der Waals surface area contributed by atoms with E-state index in [0.29, 0.717) is 29.8 Å². The van der Waals surface area contributed by atoms with Crippen LogP contribution in [0.15, 0.2) is 42.5 Å². The molecule has 0 spiro atoms. The van der Waals surface area contributed by atoms with E-state index in [1.807, 2.05) is 30.3 Å². The summed E-state index contributed by atoms with van der Waals surface area (Å²) in [7, 11) is 0.210. The summed E-state index contributed by atoms with van der Waals surface area (Å²) in [5.41, 5.74) is 3.37. The van der Waals surface area contributed by atoms with E-state index in [1.54, 1.807) is 26.0 Å². The number of esters is 1. The summed E-state index contributed by atoms with van der Waals surface area (Å²) in [5, 5.41) is 12.7. The van der Waals surface area contributed by atoms with Crippen LogP contribution >= 0.6 is 0 Å². The minimum absolute atomic E-state index is 0.298. The van der Waals surface area contributed by atoms with Crippen molar-refractivity contribution in [3.05, 3.63) is 64.7 Å². The number of carbonyl (C=O) groups is 2. The fourth-order valence-corrected chi connectivity index (χ4v) is 3.36. The Morgan fingerprint density at radius 3 is 2.66 bits per heavy atom. The standard InChI is InChI=1S/C21H24BNO6/c1-13-17(10-9-16-12-29-22(26)18(13)16)20(24)23-19(21(25)27-3)14(2)28-11-15-7-5-4-6-8-15/h4-10,14,19,26H,11-12H2,1-3H3,(H,23,24)/t14-,19+/m1/s1. The molecule has 2 N–H and O–H groups in total. The number of carbonyl (C=O) groups excluding carboxylic acids is 2. The Morgan fingerprint density at radius 1 is 1.24 bits per heavy atom. The lowest BCUT2D eigenvalue weighted by Crippen LogP contribution is -2.49. The molecule has 2 atom stereocenters. The van der Waals surface area contributed by atoms with Crippen LogP contribution < -0.4 is 10.8 Å². The molecule has 0 radical (unpaired) electrons. The lowest BCUT2D eigenvalue weighted by Gasteiger charge is -2.24. The zero-order valence-corrected chi connectivity index (χ0v) is 16.7. The topological polar surface area (TPSA) is 94.1 Å². The first kappa shape index (κ1) is 21.0. The van der Waals surface area contributed by atoms with E-state index in [4.69, 9.17) is 14.1 Å². The van der Waals surface area contributed by atoms with Crippen molar-refractivity contribution in [3.63, 3.8) is 0 Å². The molecule has 0 aromatic heterocycles. The van der Waals surface area contributed by atoms with Crippen molar-refractivity contribution in [2.24, 2.45) is 0 Å². The highest BCUT2D eigenvalue weighted by molar-refractivity contribution is 6.62. The van der Waals surface area contributed by atoms with E-state index in [9.17, 15) is 14.6 Å². The largest absolute Gasteiger partial charge is 0.492 e. The van der Waals surface area contributed by atoms with Crippen LogP contribution in [0.1, 0.15) is 34.0 Å². The Hall–Kier alpha value is -2.68. The van der Waals surface area contributed by atoms with Crippen molar-refractivity contribution in [3.8, 4) is 0 Å². The van der Waals surface area contributed by atoms with E-state index in [1.165, 1.54) is 7.11 Å². The molecule has 0 bridgehead atoms. The molecule has 1 aliphatic heterocycles. The first-order valence-electron chi connectivity index (χ1n) is 9.38. The molecule has 1 aliphatic rings. The molecule has 0 fully saturated rings. The normalized spacial score (nSPS) is 14.8. The number of nitrogens with one attached hydrogen (secondary N) is 1. The predicted molar refractivity (Wildman–Crippen MR) is 108 cm³/mol. The zero-order chi connectivity index (χ0) is 21.0. The van der Waals surface area contributed by atoms with Crippen LogP contribution in [0.3, 0.4) is 0 Å². The summed E-state index contributed by atoms with van der Waals surface area (Å²) in [6.45, 7) is 4.05. The Kier molecular flexibility index (Phi) is 6.69. The fraction of sp³-hybridized carbons (Fsp3) is 0.333. The lowest BCUT2D eigenvalue weighted by molar-refractivity contribution is -0.147. The molecule has 29 heavy (non-hydrogen) atoms. The van der Waals surface area contributed by atoms with Gasteiger partial charge < -0.3 is 24.5 Å². The highest BCUT2D eigenvalue weighted by Crippen LogP contribution is 2.17. The zero-order valence-electron chi connectivity index (χ0n) is 16.7. The first-order valence-corrected chi connectivity index (χ1v) is 9.38. The molecule has 1 heterocycles. The van der Waals surface area contributed by atoms with Crippen LogP contribution in [0.25, 0.3) is 0 Å². The number of ether oxygens (including phenoxy) is 2. The SMILES string of the molecule is COC(=O)[C@@H](NC(=O)c1ccc2c(c1C)B(O)OC2)[C@@H](C)OCc1ccccc1. The van der Waals surface area contributed by atoms with Gasteiger partial charge in [-0.25, -0.2) is 4.79 Å². The summed E-state index contributed by atoms with van der Waals surface area (Å²) < 4.78 is 15.9. The number of fused-ring (bicyclic) bond motifs is 1. The van der Waals surface area contributed by atoms with Gasteiger partial charge in [0.1, 0.15) is 0 Å². The maximum atomic E-state index is 12.9. The Morgan fingerprint density at radius 2 is 1.97 bits per heavy atom.